The van der Waals surface area contributed by atoms with Crippen molar-refractivity contribution in [1.29, 1.82) is 0 Å². The highest BCUT2D eigenvalue weighted by Crippen LogP contribution is 2.26. The molecule has 0 fully saturated rings. The number of nitrogens with zero attached hydrogens (tertiary/aromatic N) is 3. The molecular weight excluding hydrogens is 448 g/mol. The number of furan rings is 1. The highest BCUT2D eigenvalue weighted by Gasteiger charge is 2.28. The van der Waals surface area contributed by atoms with Crippen LogP contribution in [0.15, 0.2) is 82.3 Å². The Morgan fingerprint density at radius 1 is 1.03 bits per heavy atom. The van der Waals surface area contributed by atoms with E-state index in [2.05, 4.69) is 15.5 Å². The van der Waals surface area contributed by atoms with Gasteiger partial charge in [-0.05, 0) is 31.2 Å². The number of anilines is 1. The van der Waals surface area contributed by atoms with Crippen molar-refractivity contribution in [2.24, 2.45) is 0 Å². The third-order valence-electron chi connectivity index (χ3n) is 4.58. The average Bonchev–Trinajstić information content (AvgIpc) is 3.46. The second-order valence-electron chi connectivity index (χ2n) is 6.99. The Balaban J connectivity index is 1.52. The van der Waals surface area contributed by atoms with Gasteiger partial charge in [0, 0.05) is 5.56 Å². The molecule has 1 amide bonds. The lowest BCUT2D eigenvalue weighted by molar-refractivity contribution is -0.116. The van der Waals surface area contributed by atoms with Crippen LogP contribution < -0.4 is 5.32 Å². The minimum Gasteiger partial charge on any atom is -0.468 e. The largest absolute Gasteiger partial charge is 0.468 e. The fraction of sp³-hybridized carbons (Fsp3) is 0.136. The zero-order valence-corrected chi connectivity index (χ0v) is 18.8. The monoisotopic (exact) mass is 468 g/mol. The molecule has 0 atom stereocenters. The molecule has 0 aliphatic carbocycles. The molecule has 4 rings (SSSR count). The zero-order chi connectivity index (χ0) is 22.6. The Hall–Kier alpha value is -3.34. The van der Waals surface area contributed by atoms with E-state index < -0.39 is 22.5 Å². The van der Waals surface area contributed by atoms with Crippen molar-refractivity contribution in [2.45, 2.75) is 18.4 Å². The SMILES string of the molecule is Cc1ccc(S(=O)(=O)N(CC(=O)Nc2nnc(-c3ccccc3)s2)Cc2ccco2)cc1. The van der Waals surface area contributed by atoms with Crippen LogP contribution in [0.2, 0.25) is 0 Å². The molecule has 2 aromatic heterocycles. The van der Waals surface area contributed by atoms with Crippen LogP contribution in [0.25, 0.3) is 10.6 Å². The molecule has 0 unspecified atom stereocenters. The van der Waals surface area contributed by atoms with E-state index >= 15 is 0 Å². The van der Waals surface area contributed by atoms with Gasteiger partial charge in [-0.2, -0.15) is 4.31 Å². The Labute approximate surface area is 189 Å². The summed E-state index contributed by atoms with van der Waals surface area (Å²) in [5.41, 5.74) is 1.82. The maximum Gasteiger partial charge on any atom is 0.243 e. The van der Waals surface area contributed by atoms with Gasteiger partial charge in [-0.1, -0.05) is 59.4 Å². The van der Waals surface area contributed by atoms with Gasteiger partial charge in [0.05, 0.1) is 24.2 Å². The molecule has 8 nitrogen and oxygen atoms in total. The lowest BCUT2D eigenvalue weighted by Crippen LogP contribution is -2.37. The number of rotatable bonds is 8. The third kappa shape index (κ3) is 5.10. The molecule has 0 bridgehead atoms. The van der Waals surface area contributed by atoms with E-state index in [1.54, 1.807) is 24.3 Å². The first-order chi connectivity index (χ1) is 15.4. The highest BCUT2D eigenvalue weighted by molar-refractivity contribution is 7.89. The molecule has 0 saturated heterocycles. The van der Waals surface area contributed by atoms with E-state index in [9.17, 15) is 13.2 Å². The Morgan fingerprint density at radius 2 is 1.78 bits per heavy atom. The number of carbonyl (C=O) groups is 1. The van der Waals surface area contributed by atoms with Crippen molar-refractivity contribution in [3.05, 3.63) is 84.3 Å². The van der Waals surface area contributed by atoms with Crippen LogP contribution in [0.5, 0.6) is 0 Å². The highest BCUT2D eigenvalue weighted by atomic mass is 32.2. The van der Waals surface area contributed by atoms with Crippen molar-refractivity contribution < 1.29 is 17.6 Å². The second-order valence-corrected chi connectivity index (χ2v) is 9.91. The number of sulfonamides is 1. The summed E-state index contributed by atoms with van der Waals surface area (Å²) in [4.78, 5) is 12.8. The first kappa shape index (κ1) is 21.9. The van der Waals surface area contributed by atoms with Crippen molar-refractivity contribution in [1.82, 2.24) is 14.5 Å². The molecule has 0 radical (unpaired) electrons. The molecular formula is C22H20N4O4S2. The van der Waals surface area contributed by atoms with Crippen LogP contribution in [-0.4, -0.2) is 35.4 Å². The van der Waals surface area contributed by atoms with E-state index in [0.29, 0.717) is 15.9 Å². The molecule has 10 heteroatoms. The average molecular weight is 469 g/mol. The molecule has 1 N–H and O–H groups in total. The van der Waals surface area contributed by atoms with Gasteiger partial charge in [-0.3, -0.25) is 10.1 Å². The lowest BCUT2D eigenvalue weighted by Gasteiger charge is -2.20. The van der Waals surface area contributed by atoms with Crippen LogP contribution in [0.1, 0.15) is 11.3 Å². The Morgan fingerprint density at radius 3 is 2.47 bits per heavy atom. The summed E-state index contributed by atoms with van der Waals surface area (Å²) in [6.07, 6.45) is 1.46. The maximum atomic E-state index is 13.2. The Kier molecular flexibility index (Phi) is 6.45. The summed E-state index contributed by atoms with van der Waals surface area (Å²) in [5.74, 6) is -0.0984. The quantitative estimate of drug-likeness (QED) is 0.420. The normalized spacial score (nSPS) is 11.6. The minimum atomic E-state index is -3.94. The Bertz CT molecular complexity index is 1290. The van der Waals surface area contributed by atoms with Crippen LogP contribution in [0, 0.1) is 6.92 Å². The van der Waals surface area contributed by atoms with Crippen LogP contribution in [-0.2, 0) is 21.4 Å². The van der Waals surface area contributed by atoms with E-state index in [1.807, 2.05) is 37.3 Å². The summed E-state index contributed by atoms with van der Waals surface area (Å²) in [6, 6.07) is 19.3. The number of aryl methyl sites for hydroxylation is 1. The van der Waals surface area contributed by atoms with Gasteiger partial charge in [0.1, 0.15) is 10.8 Å². The van der Waals surface area contributed by atoms with Crippen LogP contribution in [0.4, 0.5) is 5.13 Å². The maximum absolute atomic E-state index is 13.2. The topological polar surface area (TPSA) is 105 Å². The van der Waals surface area contributed by atoms with E-state index in [4.69, 9.17) is 4.42 Å². The van der Waals surface area contributed by atoms with E-state index in [1.165, 1.54) is 29.7 Å². The van der Waals surface area contributed by atoms with Crippen molar-refractivity contribution in [3.8, 4) is 10.6 Å². The fourth-order valence-electron chi connectivity index (χ4n) is 2.95. The summed E-state index contributed by atoms with van der Waals surface area (Å²) < 4.78 is 32.8. The van der Waals surface area contributed by atoms with Gasteiger partial charge in [-0.15, -0.1) is 10.2 Å². The van der Waals surface area contributed by atoms with Gasteiger partial charge >= 0.3 is 0 Å². The summed E-state index contributed by atoms with van der Waals surface area (Å²) in [7, 11) is -3.94. The standard InChI is InChI=1S/C22H20N4O4S2/c1-16-9-11-19(12-10-16)32(28,29)26(14-18-8-5-13-30-18)15-20(27)23-22-25-24-21(31-22)17-6-3-2-4-7-17/h2-13H,14-15H2,1H3,(H,23,25,27). The summed E-state index contributed by atoms with van der Waals surface area (Å²) in [6.45, 7) is 1.38. The molecule has 2 heterocycles. The minimum absolute atomic E-state index is 0.0813. The first-order valence-electron chi connectivity index (χ1n) is 9.70. The molecule has 2 aromatic carbocycles. The first-order valence-corrected chi connectivity index (χ1v) is 12.0. The molecule has 0 aliphatic heterocycles. The smallest absolute Gasteiger partial charge is 0.243 e. The molecule has 4 aromatic rings. The molecule has 164 valence electrons. The molecule has 0 saturated carbocycles. The van der Waals surface area contributed by atoms with Crippen molar-refractivity contribution in [2.75, 3.05) is 11.9 Å². The number of aromatic nitrogens is 2. The predicted octanol–water partition coefficient (Wildman–Crippen LogP) is 3.94. The fourth-order valence-corrected chi connectivity index (χ4v) is 5.08. The van der Waals surface area contributed by atoms with Gasteiger partial charge in [-0.25, -0.2) is 8.42 Å². The van der Waals surface area contributed by atoms with Gasteiger partial charge in [0.25, 0.3) is 0 Å². The molecule has 32 heavy (non-hydrogen) atoms. The van der Waals surface area contributed by atoms with Crippen LogP contribution in [0.3, 0.4) is 0 Å². The summed E-state index contributed by atoms with van der Waals surface area (Å²) in [5, 5.41) is 11.7. The van der Waals surface area contributed by atoms with Crippen molar-refractivity contribution >= 4 is 32.4 Å². The van der Waals surface area contributed by atoms with E-state index in [0.717, 1.165) is 15.4 Å². The van der Waals surface area contributed by atoms with Crippen molar-refractivity contribution in [3.63, 3.8) is 0 Å². The predicted molar refractivity (Wildman–Crippen MR) is 121 cm³/mol. The van der Waals surface area contributed by atoms with E-state index in [-0.39, 0.29) is 11.4 Å². The number of hydrogen-bond acceptors (Lipinski definition) is 7. The second kappa shape index (κ2) is 9.43. The lowest BCUT2D eigenvalue weighted by atomic mass is 10.2. The number of benzene rings is 2. The summed E-state index contributed by atoms with van der Waals surface area (Å²) >= 11 is 1.21. The van der Waals surface area contributed by atoms with Gasteiger partial charge < -0.3 is 4.42 Å². The van der Waals surface area contributed by atoms with Gasteiger partial charge in [0.2, 0.25) is 21.1 Å². The van der Waals surface area contributed by atoms with Crippen LogP contribution >= 0.6 is 11.3 Å². The zero-order valence-electron chi connectivity index (χ0n) is 17.1. The van der Waals surface area contributed by atoms with Gasteiger partial charge in [0.15, 0.2) is 0 Å². The third-order valence-corrected chi connectivity index (χ3v) is 7.28. The number of hydrogen-bond donors (Lipinski definition) is 1. The number of nitrogens with one attached hydrogen (secondary N) is 1. The molecule has 0 spiro atoms. The molecule has 0 aliphatic rings. The number of carbonyl (C=O) groups excluding carboxylic acids is 1. The number of amides is 1.